The molecule has 2 N–H and O–H groups in total. The molecule has 9 nitrogen and oxygen atoms in total. The summed E-state index contributed by atoms with van der Waals surface area (Å²) in [5.74, 6) is 1.33. The van der Waals surface area contributed by atoms with Crippen molar-refractivity contribution >= 4 is 45.0 Å². The Morgan fingerprint density at radius 2 is 1.16 bits per heavy atom. The van der Waals surface area contributed by atoms with Crippen LogP contribution in [0.3, 0.4) is 0 Å². The third kappa shape index (κ3) is 6.77. The van der Waals surface area contributed by atoms with Crippen LogP contribution in [0.2, 0.25) is 10.0 Å². The molecule has 0 atom stereocenters. The lowest BCUT2D eigenvalue weighted by atomic mass is 10.1. The van der Waals surface area contributed by atoms with Gasteiger partial charge < -0.3 is 14.2 Å². The van der Waals surface area contributed by atoms with Crippen molar-refractivity contribution in [1.29, 1.82) is 0 Å². The number of ether oxygens (including phenoxy) is 3. The van der Waals surface area contributed by atoms with Gasteiger partial charge in [-0.3, -0.25) is 19.6 Å². The van der Waals surface area contributed by atoms with E-state index < -0.39 is 0 Å². The molecule has 2 heterocycles. The van der Waals surface area contributed by atoms with Crippen molar-refractivity contribution in [3.63, 3.8) is 0 Å². The molecular weight excluding hydrogens is 519 g/mol. The fourth-order valence-electron chi connectivity index (χ4n) is 3.88. The molecule has 11 heteroatoms. The van der Waals surface area contributed by atoms with Gasteiger partial charge in [-0.1, -0.05) is 23.2 Å². The molecule has 0 radical (unpaired) electrons. The molecule has 0 amide bonds. The van der Waals surface area contributed by atoms with Crippen molar-refractivity contribution in [1.82, 2.24) is 20.9 Å². The second-order valence-corrected chi connectivity index (χ2v) is 8.67. The van der Waals surface area contributed by atoms with E-state index in [1.54, 1.807) is 26.6 Å². The maximum Gasteiger partial charge on any atom is 0.149 e. The van der Waals surface area contributed by atoms with Crippen LogP contribution in [0.25, 0.3) is 21.8 Å². The number of hydrogen-bond acceptors (Lipinski definition) is 9. The number of benzene rings is 2. The molecule has 0 saturated carbocycles. The monoisotopic (exact) mass is 546 g/mol. The molecule has 2 aromatic carbocycles. The highest BCUT2D eigenvalue weighted by molar-refractivity contribution is 6.36. The molecule has 0 spiro atoms. The van der Waals surface area contributed by atoms with Crippen molar-refractivity contribution < 1.29 is 23.9 Å². The Balaban J connectivity index is 1.12. The highest BCUT2D eigenvalue weighted by Gasteiger charge is 2.14. The summed E-state index contributed by atoms with van der Waals surface area (Å²) in [6, 6.07) is 11.2. The van der Waals surface area contributed by atoms with E-state index in [0.29, 0.717) is 72.1 Å². The van der Waals surface area contributed by atoms with Crippen LogP contribution in [0.4, 0.5) is 0 Å². The highest BCUT2D eigenvalue weighted by atomic mass is 35.5. The molecule has 4 rings (SSSR count). The molecule has 0 aliphatic rings. The maximum atomic E-state index is 6.39. The Morgan fingerprint density at radius 1 is 0.703 bits per heavy atom. The van der Waals surface area contributed by atoms with Gasteiger partial charge in [0.2, 0.25) is 0 Å². The number of fused-ring (bicyclic) bond motifs is 2. The number of hydroxylamine groups is 2. The van der Waals surface area contributed by atoms with Crippen LogP contribution in [-0.2, 0) is 27.5 Å². The number of halogens is 2. The maximum absolute atomic E-state index is 6.39. The average Bonchev–Trinajstić information content (AvgIpc) is 2.92. The smallest absolute Gasteiger partial charge is 0.149 e. The summed E-state index contributed by atoms with van der Waals surface area (Å²) in [7, 11) is 3.22. The molecular formula is C26H28Cl2N4O5. The minimum absolute atomic E-state index is 0.356. The number of pyridine rings is 2. The molecule has 196 valence electrons. The summed E-state index contributed by atoms with van der Waals surface area (Å²) in [4.78, 5) is 19.7. The fraction of sp³-hybridized carbons (Fsp3) is 0.308. The normalized spacial score (nSPS) is 11.4. The van der Waals surface area contributed by atoms with Crippen molar-refractivity contribution in [3.8, 4) is 11.5 Å². The minimum Gasteiger partial charge on any atom is -0.494 e. The van der Waals surface area contributed by atoms with Gasteiger partial charge in [-0.05, 0) is 36.4 Å². The van der Waals surface area contributed by atoms with Crippen LogP contribution in [-0.4, -0.2) is 50.6 Å². The molecule has 0 unspecified atom stereocenters. The summed E-state index contributed by atoms with van der Waals surface area (Å²) in [5, 5.41) is 2.90. The zero-order valence-corrected chi connectivity index (χ0v) is 22.1. The van der Waals surface area contributed by atoms with Crippen LogP contribution in [0, 0.1) is 0 Å². The Labute approximate surface area is 224 Å². The molecule has 37 heavy (non-hydrogen) atoms. The topological polar surface area (TPSA) is 96.0 Å². The minimum atomic E-state index is 0.356. The van der Waals surface area contributed by atoms with Crippen molar-refractivity contribution in [2.45, 2.75) is 13.1 Å². The molecule has 0 aliphatic carbocycles. The van der Waals surface area contributed by atoms with Crippen molar-refractivity contribution in [2.75, 3.05) is 40.6 Å². The molecule has 0 aliphatic heterocycles. The zero-order valence-electron chi connectivity index (χ0n) is 20.6. The number of methoxy groups -OCH3 is 2. The van der Waals surface area contributed by atoms with E-state index in [2.05, 4.69) is 20.9 Å². The first-order valence-corrected chi connectivity index (χ1v) is 12.4. The van der Waals surface area contributed by atoms with Crippen LogP contribution >= 0.6 is 23.2 Å². The first-order chi connectivity index (χ1) is 18.1. The molecule has 4 aromatic rings. The van der Waals surface area contributed by atoms with Crippen LogP contribution in [0.5, 0.6) is 11.5 Å². The first kappa shape index (κ1) is 27.3. The van der Waals surface area contributed by atoms with Crippen molar-refractivity contribution in [3.05, 3.63) is 70.0 Å². The number of nitrogens with zero attached hydrogens (tertiary/aromatic N) is 2. The van der Waals surface area contributed by atoms with Gasteiger partial charge in [-0.2, -0.15) is 11.0 Å². The third-order valence-corrected chi connectivity index (χ3v) is 6.17. The summed E-state index contributed by atoms with van der Waals surface area (Å²) in [5.41, 5.74) is 8.93. The summed E-state index contributed by atoms with van der Waals surface area (Å²) in [6.07, 6.45) is 3.41. The van der Waals surface area contributed by atoms with E-state index in [1.165, 1.54) is 0 Å². The lowest BCUT2D eigenvalue weighted by Crippen LogP contribution is -2.20. The molecule has 2 aromatic heterocycles. The van der Waals surface area contributed by atoms with E-state index in [-0.39, 0.29) is 0 Å². The van der Waals surface area contributed by atoms with Crippen LogP contribution < -0.4 is 20.4 Å². The van der Waals surface area contributed by atoms with E-state index in [9.17, 15) is 0 Å². The highest BCUT2D eigenvalue weighted by Crippen LogP contribution is 2.34. The zero-order chi connectivity index (χ0) is 26.0. The first-order valence-electron chi connectivity index (χ1n) is 11.6. The van der Waals surface area contributed by atoms with Gasteiger partial charge in [-0.25, -0.2) is 0 Å². The molecule has 0 saturated heterocycles. The Hall–Kier alpha value is -2.76. The third-order valence-electron chi connectivity index (χ3n) is 5.54. The van der Waals surface area contributed by atoms with Gasteiger partial charge in [0, 0.05) is 47.4 Å². The van der Waals surface area contributed by atoms with Crippen LogP contribution in [0.1, 0.15) is 11.1 Å². The van der Waals surface area contributed by atoms with Gasteiger partial charge in [0.15, 0.2) is 0 Å². The van der Waals surface area contributed by atoms with Gasteiger partial charge in [0.1, 0.15) is 22.5 Å². The van der Waals surface area contributed by atoms with Gasteiger partial charge in [0.25, 0.3) is 0 Å². The van der Waals surface area contributed by atoms with Crippen molar-refractivity contribution in [2.24, 2.45) is 0 Å². The van der Waals surface area contributed by atoms with E-state index >= 15 is 0 Å². The standard InChI is InChI=1S/C26H28Cl2N4O5/c1-33-25-17(13-21(27)19-5-3-7-29-23(19)25)15-31-36-11-9-35-10-12-37-32-16-18-14-22(28)20-6-4-8-30-24(20)26(18)34-2/h3-8,13-14,31-32H,9-12,15-16H2,1-2H3. The molecule has 0 bridgehead atoms. The van der Waals surface area contributed by atoms with Gasteiger partial charge in [0.05, 0.1) is 50.7 Å². The predicted molar refractivity (Wildman–Crippen MR) is 143 cm³/mol. The van der Waals surface area contributed by atoms with E-state index in [4.69, 9.17) is 47.1 Å². The number of nitrogens with one attached hydrogen (secondary N) is 2. The van der Waals surface area contributed by atoms with Crippen LogP contribution in [0.15, 0.2) is 48.8 Å². The fourth-order valence-corrected chi connectivity index (χ4v) is 4.45. The Bertz CT molecular complexity index is 1240. The lowest BCUT2D eigenvalue weighted by molar-refractivity contribution is -0.0379. The quantitative estimate of drug-likeness (QED) is 0.169. The van der Waals surface area contributed by atoms with E-state index in [1.807, 2.05) is 36.4 Å². The number of hydrogen-bond donors (Lipinski definition) is 2. The SMILES string of the molecule is COc1c(CNOCCOCCONCc2cc(Cl)c3cccnc3c2OC)cc(Cl)c2cccnc12. The largest absolute Gasteiger partial charge is 0.494 e. The molecule has 0 fully saturated rings. The van der Waals surface area contributed by atoms with Gasteiger partial charge in [-0.15, -0.1) is 0 Å². The Kier molecular flexibility index (Phi) is 10.1. The average molecular weight is 547 g/mol. The second kappa shape index (κ2) is 13.7. The number of aromatic nitrogens is 2. The number of rotatable bonds is 14. The summed E-state index contributed by atoms with van der Waals surface area (Å²) >= 11 is 12.8. The van der Waals surface area contributed by atoms with Gasteiger partial charge >= 0.3 is 0 Å². The lowest BCUT2D eigenvalue weighted by Gasteiger charge is -2.14. The summed E-state index contributed by atoms with van der Waals surface area (Å²) in [6.45, 7) is 2.31. The summed E-state index contributed by atoms with van der Waals surface area (Å²) < 4.78 is 16.6. The Morgan fingerprint density at radius 3 is 1.59 bits per heavy atom. The second-order valence-electron chi connectivity index (χ2n) is 7.85. The predicted octanol–water partition coefficient (Wildman–Crippen LogP) is 4.87. The van der Waals surface area contributed by atoms with E-state index in [0.717, 1.165) is 21.9 Å².